The molecule has 1 aliphatic carbocycles. The van der Waals surface area contributed by atoms with Crippen LogP contribution in [0, 0.1) is 11.8 Å². The maximum Gasteiger partial charge on any atom is 0.397 e. The number of aliphatic hydroxyl groups is 1. The van der Waals surface area contributed by atoms with Crippen molar-refractivity contribution in [1.29, 1.82) is 0 Å². The van der Waals surface area contributed by atoms with Gasteiger partial charge in [-0.2, -0.15) is 8.42 Å². The second-order valence-corrected chi connectivity index (χ2v) is 12.9. The third kappa shape index (κ3) is 10.5. The van der Waals surface area contributed by atoms with Gasteiger partial charge in [-0.1, -0.05) is 32.4 Å². The van der Waals surface area contributed by atoms with E-state index in [2.05, 4.69) is 15.6 Å². The number of guanidine groups is 1. The third-order valence-corrected chi connectivity index (χ3v) is 9.08. The zero-order valence-corrected chi connectivity index (χ0v) is 26.5. The smallest absolute Gasteiger partial charge is 0.397 e. The molecule has 1 saturated carbocycles. The van der Waals surface area contributed by atoms with E-state index in [1.54, 1.807) is 19.1 Å². The lowest BCUT2D eigenvalue weighted by Gasteiger charge is -2.39. The Morgan fingerprint density at radius 2 is 1.82 bits per heavy atom. The van der Waals surface area contributed by atoms with Gasteiger partial charge >= 0.3 is 10.4 Å². The van der Waals surface area contributed by atoms with Gasteiger partial charge in [0.15, 0.2) is 5.96 Å². The zero-order valence-electron chi connectivity index (χ0n) is 25.7. The predicted octanol–water partition coefficient (Wildman–Crippen LogP) is -0.0461. The minimum Gasteiger partial charge on any atom is -0.508 e. The molecule has 16 heteroatoms. The summed E-state index contributed by atoms with van der Waals surface area (Å²) in [6.07, 6.45) is 0.462. The van der Waals surface area contributed by atoms with Crippen LogP contribution in [0.15, 0.2) is 29.3 Å². The fourth-order valence-electron chi connectivity index (χ4n) is 6.04. The Morgan fingerprint density at radius 3 is 2.44 bits per heavy atom. The summed E-state index contributed by atoms with van der Waals surface area (Å²) in [6, 6.07) is 3.47. The van der Waals surface area contributed by atoms with E-state index >= 15 is 0 Å². The van der Waals surface area contributed by atoms with Gasteiger partial charge in [0.05, 0.1) is 6.10 Å². The Kier molecular flexibility index (Phi) is 13.0. The van der Waals surface area contributed by atoms with E-state index in [4.69, 9.17) is 15.7 Å². The predicted molar refractivity (Wildman–Crippen MR) is 165 cm³/mol. The van der Waals surface area contributed by atoms with Crippen molar-refractivity contribution in [3.05, 3.63) is 29.8 Å². The zero-order chi connectivity index (χ0) is 33.3. The molecule has 1 aliphatic heterocycles. The second kappa shape index (κ2) is 16.2. The van der Waals surface area contributed by atoms with Crippen LogP contribution in [0.4, 0.5) is 0 Å². The minimum absolute atomic E-state index is 0.0196. The maximum atomic E-state index is 14.3. The lowest BCUT2D eigenvalue weighted by molar-refractivity contribution is -0.146. The number of carbonyl (C=O) groups is 3. The molecule has 15 nitrogen and oxygen atoms in total. The van der Waals surface area contributed by atoms with Gasteiger partial charge in [-0.25, -0.2) is 4.18 Å². The summed E-state index contributed by atoms with van der Waals surface area (Å²) in [5, 5.41) is 25.7. The number of amides is 3. The summed E-state index contributed by atoms with van der Waals surface area (Å²) in [5.41, 5.74) is 11.3. The molecule has 0 spiro atoms. The first kappa shape index (κ1) is 36.0. The highest BCUT2D eigenvalue weighted by atomic mass is 32.3. The molecule has 3 amide bonds. The lowest BCUT2D eigenvalue weighted by Crippen LogP contribution is -2.59. The molecule has 252 valence electrons. The minimum atomic E-state index is -4.74. The van der Waals surface area contributed by atoms with Crippen LogP contribution in [-0.2, 0) is 35.4 Å². The number of unbranched alkanes of at least 4 members (excludes halogenated alkanes) is 1. The van der Waals surface area contributed by atoms with Gasteiger partial charge in [0.2, 0.25) is 17.7 Å². The Morgan fingerprint density at radius 1 is 1.13 bits per heavy atom. The number of benzene rings is 1. The van der Waals surface area contributed by atoms with E-state index in [1.165, 1.54) is 17.0 Å². The van der Waals surface area contributed by atoms with Crippen molar-refractivity contribution in [2.45, 2.75) is 95.5 Å². The van der Waals surface area contributed by atoms with E-state index in [-0.39, 0.29) is 42.3 Å². The number of likely N-dealkylation sites (tertiary alicyclic amines) is 1. The first-order valence-electron chi connectivity index (χ1n) is 15.3. The van der Waals surface area contributed by atoms with Crippen LogP contribution in [0.5, 0.6) is 5.75 Å². The van der Waals surface area contributed by atoms with Crippen LogP contribution in [0.1, 0.15) is 64.4 Å². The fourth-order valence-corrected chi connectivity index (χ4v) is 6.56. The molecule has 1 heterocycles. The Hall–Kier alpha value is -3.47. The standard InChI is InChI=1S/C29H46N6O9S/c1-3-17(2)25(34-27(39)24(37)14-18-6-9-20(36)10-7-18)28(40)35-22-16-21(44-45(41,42)43)11-8-19(22)15-23(35)26(38)32-12-4-5-13-33-29(30)31/h6-7,9-10,17,19,21-25,36-37H,3-5,8,11-16H2,1-2H3,(H,32,38)(H,34,39)(H4,30,31,33)(H,41,42,43)/t17-,19-,21-,22-,23+,24-,25-/m1/s1. The molecule has 1 aromatic carbocycles. The molecule has 7 atom stereocenters. The topological polar surface area (TPSA) is 247 Å². The monoisotopic (exact) mass is 654 g/mol. The number of carbonyl (C=O) groups excluding carboxylic acids is 3. The van der Waals surface area contributed by atoms with Gasteiger partial charge in [0.25, 0.3) is 0 Å². The molecule has 9 N–H and O–H groups in total. The van der Waals surface area contributed by atoms with Crippen molar-refractivity contribution in [2.24, 2.45) is 28.3 Å². The number of phenols is 1. The first-order valence-corrected chi connectivity index (χ1v) is 16.6. The Labute approximate surface area is 263 Å². The molecule has 2 fully saturated rings. The van der Waals surface area contributed by atoms with Crippen LogP contribution in [0.3, 0.4) is 0 Å². The molecular weight excluding hydrogens is 608 g/mol. The van der Waals surface area contributed by atoms with Crippen LogP contribution < -0.4 is 22.1 Å². The number of nitrogens with one attached hydrogen (secondary N) is 2. The molecule has 0 aromatic heterocycles. The summed E-state index contributed by atoms with van der Waals surface area (Å²) in [7, 11) is -4.74. The van der Waals surface area contributed by atoms with Gasteiger partial charge < -0.3 is 37.2 Å². The number of hydrogen-bond acceptors (Lipinski definition) is 9. The SMILES string of the molecule is CC[C@@H](C)[C@@H](NC(=O)[C@H](O)Cc1ccc(O)cc1)C(=O)N1[C@@H]2C[C@H](OS(=O)(=O)O)CC[C@@H]2C[C@H]1C(=O)NCCCCN=C(N)N. The van der Waals surface area contributed by atoms with Gasteiger partial charge in [0, 0.05) is 25.6 Å². The molecule has 45 heavy (non-hydrogen) atoms. The van der Waals surface area contributed by atoms with Crippen molar-refractivity contribution in [1.82, 2.24) is 15.5 Å². The molecule has 0 bridgehead atoms. The molecule has 0 unspecified atom stereocenters. The summed E-state index contributed by atoms with van der Waals surface area (Å²) >= 11 is 0. The van der Waals surface area contributed by atoms with Crippen LogP contribution in [-0.4, -0.2) is 95.2 Å². The highest BCUT2D eigenvalue weighted by Crippen LogP contribution is 2.41. The first-order chi connectivity index (χ1) is 21.2. The van der Waals surface area contributed by atoms with E-state index in [0.717, 1.165) is 0 Å². The van der Waals surface area contributed by atoms with Crippen molar-refractivity contribution >= 4 is 34.1 Å². The number of aromatic hydroxyl groups is 1. The summed E-state index contributed by atoms with van der Waals surface area (Å²) in [6.45, 7) is 4.34. The Balaban J connectivity index is 1.81. The van der Waals surface area contributed by atoms with Crippen molar-refractivity contribution in [3.63, 3.8) is 0 Å². The number of hydrogen-bond donors (Lipinski definition) is 7. The van der Waals surface area contributed by atoms with E-state index < -0.39 is 52.5 Å². The summed E-state index contributed by atoms with van der Waals surface area (Å²) < 4.78 is 37.1. The molecule has 1 aromatic rings. The van der Waals surface area contributed by atoms with Gasteiger partial charge in [-0.15, -0.1) is 0 Å². The quantitative estimate of drug-likeness (QED) is 0.0572. The molecule has 0 radical (unpaired) electrons. The van der Waals surface area contributed by atoms with Crippen LogP contribution in [0.2, 0.25) is 0 Å². The van der Waals surface area contributed by atoms with E-state index in [0.29, 0.717) is 57.2 Å². The average molecular weight is 655 g/mol. The van der Waals surface area contributed by atoms with Crippen molar-refractivity contribution < 1.29 is 41.8 Å². The number of nitrogens with two attached hydrogens (primary N) is 2. The largest absolute Gasteiger partial charge is 0.508 e. The molecule has 1 saturated heterocycles. The van der Waals surface area contributed by atoms with E-state index in [1.807, 2.05) is 6.92 Å². The maximum absolute atomic E-state index is 14.3. The normalized spacial score (nSPS) is 23.3. The highest BCUT2D eigenvalue weighted by molar-refractivity contribution is 7.80. The lowest BCUT2D eigenvalue weighted by atomic mass is 9.83. The average Bonchev–Trinajstić information content (AvgIpc) is 3.35. The van der Waals surface area contributed by atoms with Gasteiger partial charge in [-0.3, -0.25) is 23.9 Å². The van der Waals surface area contributed by atoms with Gasteiger partial charge in [-0.05, 0) is 68.1 Å². The number of aliphatic hydroxyl groups excluding tert-OH is 1. The molecular formula is C29H46N6O9S. The van der Waals surface area contributed by atoms with Crippen LogP contribution in [0.25, 0.3) is 0 Å². The second-order valence-electron chi connectivity index (χ2n) is 11.8. The number of aliphatic imine (C=N–C) groups is 1. The third-order valence-electron chi connectivity index (χ3n) is 8.57. The number of phenolic OH excluding ortho intramolecular Hbond substituents is 1. The van der Waals surface area contributed by atoms with E-state index in [9.17, 15) is 37.6 Å². The van der Waals surface area contributed by atoms with Crippen LogP contribution >= 0.6 is 0 Å². The van der Waals surface area contributed by atoms with Crippen molar-refractivity contribution in [2.75, 3.05) is 13.1 Å². The highest BCUT2D eigenvalue weighted by Gasteiger charge is 2.51. The summed E-state index contributed by atoms with van der Waals surface area (Å²) in [5.74, 6) is -2.17. The fraction of sp³-hybridized carbons (Fsp3) is 0.655. The van der Waals surface area contributed by atoms with Crippen molar-refractivity contribution in [3.8, 4) is 5.75 Å². The Bertz CT molecular complexity index is 1310. The molecule has 2 aliphatic rings. The number of nitrogens with zero attached hydrogens (tertiary/aromatic N) is 2. The number of fused-ring (bicyclic) bond motifs is 1. The number of rotatable bonds is 15. The summed E-state index contributed by atoms with van der Waals surface area (Å²) in [4.78, 5) is 46.3. The molecule has 3 rings (SSSR count). The van der Waals surface area contributed by atoms with Gasteiger partial charge in [0.1, 0.15) is 23.9 Å².